The quantitative estimate of drug-likeness (QED) is 0.431. The second-order valence-corrected chi connectivity index (χ2v) is 5.96. The van der Waals surface area contributed by atoms with Crippen LogP contribution in [0.5, 0.6) is 0 Å². The monoisotopic (exact) mass is 377 g/mol. The highest BCUT2D eigenvalue weighted by Crippen LogP contribution is 2.23. The molecule has 6 heteroatoms. The Morgan fingerprint density at radius 2 is 1.71 bits per heavy atom. The van der Waals surface area contributed by atoms with Crippen LogP contribution in [0.25, 0.3) is 0 Å². The Kier molecular flexibility index (Phi) is 7.35. The van der Waals surface area contributed by atoms with Crippen molar-refractivity contribution in [2.75, 3.05) is 17.7 Å². The van der Waals surface area contributed by atoms with E-state index in [2.05, 4.69) is 10.6 Å². The first-order valence-corrected chi connectivity index (χ1v) is 9.01. The second kappa shape index (κ2) is 9.93. The van der Waals surface area contributed by atoms with Crippen molar-refractivity contribution in [3.05, 3.63) is 70.9 Å². The van der Waals surface area contributed by atoms with Gasteiger partial charge in [-0.2, -0.15) is 5.26 Å². The van der Waals surface area contributed by atoms with Crippen molar-refractivity contribution >= 4 is 23.3 Å². The van der Waals surface area contributed by atoms with E-state index in [4.69, 9.17) is 4.74 Å². The summed E-state index contributed by atoms with van der Waals surface area (Å²) in [5.74, 6) is -1.02. The predicted molar refractivity (Wildman–Crippen MR) is 109 cm³/mol. The summed E-state index contributed by atoms with van der Waals surface area (Å²) >= 11 is 0. The highest BCUT2D eigenvalue weighted by atomic mass is 16.5. The summed E-state index contributed by atoms with van der Waals surface area (Å²) < 4.78 is 4.74. The molecule has 0 saturated carbocycles. The molecule has 2 rings (SSSR count). The zero-order valence-electron chi connectivity index (χ0n) is 16.2. The van der Waals surface area contributed by atoms with Crippen molar-refractivity contribution in [1.82, 2.24) is 0 Å². The lowest BCUT2D eigenvalue weighted by molar-refractivity contribution is -0.112. The van der Waals surface area contributed by atoms with Gasteiger partial charge in [-0.15, -0.1) is 0 Å². The highest BCUT2D eigenvalue weighted by Gasteiger charge is 2.15. The van der Waals surface area contributed by atoms with Gasteiger partial charge in [0.15, 0.2) is 0 Å². The standard InChI is InChI=1S/C22H23N3O3/c1-4-15-9-8-10-16(5-2)20(15)25-21(26)17(13-23)14-24-19-12-7-6-11-18(19)22(27)28-3/h6-12,14,24H,4-5H2,1-3H3,(H,25,26)/b17-14-. The van der Waals surface area contributed by atoms with Gasteiger partial charge in [-0.25, -0.2) is 4.79 Å². The zero-order valence-corrected chi connectivity index (χ0v) is 16.2. The number of anilines is 2. The van der Waals surface area contributed by atoms with Crippen LogP contribution in [0.1, 0.15) is 35.3 Å². The lowest BCUT2D eigenvalue weighted by Gasteiger charge is -2.14. The molecule has 0 unspecified atom stereocenters. The van der Waals surface area contributed by atoms with Crippen molar-refractivity contribution in [3.63, 3.8) is 0 Å². The molecule has 2 aromatic carbocycles. The minimum absolute atomic E-state index is 0.104. The van der Waals surface area contributed by atoms with Crippen molar-refractivity contribution in [1.29, 1.82) is 5.26 Å². The Hall–Kier alpha value is -3.59. The van der Waals surface area contributed by atoms with Gasteiger partial charge in [0.05, 0.1) is 18.4 Å². The van der Waals surface area contributed by atoms with Gasteiger partial charge in [0.2, 0.25) is 0 Å². The molecule has 0 radical (unpaired) electrons. The Bertz CT molecular complexity index is 920. The molecule has 1 amide bonds. The maximum absolute atomic E-state index is 12.6. The molecule has 0 saturated heterocycles. The molecule has 0 aliphatic rings. The number of hydrogen-bond donors (Lipinski definition) is 2. The molecule has 0 aromatic heterocycles. The number of nitrogens with one attached hydrogen (secondary N) is 2. The third-order valence-electron chi connectivity index (χ3n) is 4.31. The van der Waals surface area contributed by atoms with Gasteiger partial charge < -0.3 is 15.4 Å². The number of nitriles is 1. The first-order valence-electron chi connectivity index (χ1n) is 9.01. The second-order valence-electron chi connectivity index (χ2n) is 5.96. The largest absolute Gasteiger partial charge is 0.465 e. The van der Waals surface area contributed by atoms with Crippen LogP contribution in [0.3, 0.4) is 0 Å². The molecule has 0 spiro atoms. The molecule has 0 atom stereocenters. The number of esters is 1. The number of hydrogen-bond acceptors (Lipinski definition) is 5. The summed E-state index contributed by atoms with van der Waals surface area (Å²) in [6, 6.07) is 14.5. The number of carbonyl (C=O) groups is 2. The number of rotatable bonds is 7. The summed E-state index contributed by atoms with van der Waals surface area (Å²) in [7, 11) is 1.29. The van der Waals surface area contributed by atoms with Gasteiger partial charge >= 0.3 is 5.97 Å². The van der Waals surface area contributed by atoms with E-state index in [1.54, 1.807) is 24.3 Å². The average Bonchev–Trinajstić information content (AvgIpc) is 2.74. The van der Waals surface area contributed by atoms with E-state index >= 15 is 0 Å². The van der Waals surface area contributed by atoms with Crippen molar-refractivity contribution < 1.29 is 14.3 Å². The van der Waals surface area contributed by atoms with Crippen LogP contribution in [0.4, 0.5) is 11.4 Å². The van der Waals surface area contributed by atoms with Crippen molar-refractivity contribution in [2.24, 2.45) is 0 Å². The predicted octanol–water partition coefficient (Wildman–Crippen LogP) is 4.06. The smallest absolute Gasteiger partial charge is 0.339 e. The number of ether oxygens (including phenoxy) is 1. The van der Waals surface area contributed by atoms with Gasteiger partial charge in [-0.3, -0.25) is 4.79 Å². The van der Waals surface area contributed by atoms with E-state index in [1.165, 1.54) is 13.3 Å². The Morgan fingerprint density at radius 3 is 2.29 bits per heavy atom. The zero-order chi connectivity index (χ0) is 20.5. The first kappa shape index (κ1) is 20.7. The molecular formula is C22H23N3O3. The molecule has 2 N–H and O–H groups in total. The number of aryl methyl sites for hydroxylation is 2. The van der Waals surface area contributed by atoms with Crippen molar-refractivity contribution in [3.8, 4) is 6.07 Å². The summed E-state index contributed by atoms with van der Waals surface area (Å²) in [6.07, 6.45) is 2.82. The van der Waals surface area contributed by atoms with Crippen molar-refractivity contribution in [2.45, 2.75) is 26.7 Å². The van der Waals surface area contributed by atoms with E-state index in [0.717, 1.165) is 29.7 Å². The van der Waals surface area contributed by atoms with Crippen LogP contribution in [0.15, 0.2) is 54.2 Å². The minimum Gasteiger partial charge on any atom is -0.465 e. The fourth-order valence-electron chi connectivity index (χ4n) is 2.78. The number of benzene rings is 2. The SMILES string of the molecule is CCc1cccc(CC)c1NC(=O)/C(C#N)=C\Nc1ccccc1C(=O)OC. The van der Waals surface area contributed by atoms with Crippen LogP contribution in [-0.2, 0) is 22.4 Å². The van der Waals surface area contributed by atoms with E-state index in [0.29, 0.717) is 11.3 Å². The van der Waals surface area contributed by atoms with Crippen LogP contribution < -0.4 is 10.6 Å². The molecule has 0 aliphatic carbocycles. The van der Waals surface area contributed by atoms with E-state index in [1.807, 2.05) is 38.1 Å². The maximum atomic E-state index is 12.6. The third kappa shape index (κ3) is 4.77. The fraction of sp³-hybridized carbons (Fsp3) is 0.227. The van der Waals surface area contributed by atoms with E-state index in [-0.39, 0.29) is 5.57 Å². The Labute approximate surface area is 164 Å². The van der Waals surface area contributed by atoms with Crippen LogP contribution in [0.2, 0.25) is 0 Å². The third-order valence-corrected chi connectivity index (χ3v) is 4.31. The number of amides is 1. The fourth-order valence-corrected chi connectivity index (χ4v) is 2.78. The Balaban J connectivity index is 2.27. The molecule has 0 heterocycles. The molecule has 6 nitrogen and oxygen atoms in total. The number of nitrogens with zero attached hydrogens (tertiary/aromatic N) is 1. The van der Waals surface area contributed by atoms with Gasteiger partial charge in [0.1, 0.15) is 11.6 Å². The lowest BCUT2D eigenvalue weighted by atomic mass is 10.0. The number of carbonyl (C=O) groups excluding carboxylic acids is 2. The van der Waals surface area contributed by atoms with Gasteiger partial charge in [0, 0.05) is 11.9 Å². The van der Waals surface area contributed by atoms with Gasteiger partial charge in [-0.1, -0.05) is 44.2 Å². The normalized spacial score (nSPS) is 10.7. The summed E-state index contributed by atoms with van der Waals surface area (Å²) in [5, 5.41) is 15.1. The Morgan fingerprint density at radius 1 is 1.07 bits per heavy atom. The van der Waals surface area contributed by atoms with Crippen LogP contribution in [0, 0.1) is 11.3 Å². The molecule has 0 bridgehead atoms. The average molecular weight is 377 g/mol. The summed E-state index contributed by atoms with van der Waals surface area (Å²) in [5.41, 5.74) is 3.41. The van der Waals surface area contributed by atoms with Crippen LogP contribution >= 0.6 is 0 Å². The molecule has 2 aromatic rings. The van der Waals surface area contributed by atoms with E-state index in [9.17, 15) is 14.9 Å². The summed E-state index contributed by atoms with van der Waals surface area (Å²) in [4.78, 5) is 24.5. The molecule has 0 fully saturated rings. The molecule has 28 heavy (non-hydrogen) atoms. The number of para-hydroxylation sites is 2. The maximum Gasteiger partial charge on any atom is 0.339 e. The lowest BCUT2D eigenvalue weighted by Crippen LogP contribution is -2.17. The summed E-state index contributed by atoms with van der Waals surface area (Å²) in [6.45, 7) is 4.02. The topological polar surface area (TPSA) is 91.2 Å². The van der Waals surface area contributed by atoms with Gasteiger partial charge in [-0.05, 0) is 36.1 Å². The van der Waals surface area contributed by atoms with E-state index < -0.39 is 11.9 Å². The number of methoxy groups -OCH3 is 1. The molecule has 0 aliphatic heterocycles. The first-order chi connectivity index (χ1) is 13.5. The van der Waals surface area contributed by atoms with Crippen LogP contribution in [-0.4, -0.2) is 19.0 Å². The highest BCUT2D eigenvalue weighted by molar-refractivity contribution is 6.07. The van der Waals surface area contributed by atoms with Gasteiger partial charge in [0.25, 0.3) is 5.91 Å². The molecular weight excluding hydrogens is 354 g/mol. The molecule has 144 valence electrons. The minimum atomic E-state index is -0.513.